The van der Waals surface area contributed by atoms with Gasteiger partial charge in [0.2, 0.25) is 0 Å². The number of nitrogens with zero attached hydrogens (tertiary/aromatic N) is 4. The van der Waals surface area contributed by atoms with Gasteiger partial charge in [-0.05, 0) is 18.2 Å². The van der Waals surface area contributed by atoms with Crippen LogP contribution in [0.1, 0.15) is 16.1 Å². The molecule has 0 aliphatic rings. The standard InChI is InChI=1S/C12H10ClF3N4O/c1-19(2)11(21)8-3-4-20(18-8)10-6-7(12(14,15)16)5-9(13)17-10/h3-6H,1-2H3. The van der Waals surface area contributed by atoms with Gasteiger partial charge in [0.05, 0.1) is 5.56 Å². The van der Waals surface area contributed by atoms with Crippen LogP contribution >= 0.6 is 11.6 Å². The molecular formula is C12H10ClF3N4O. The molecule has 0 atom stereocenters. The van der Waals surface area contributed by atoms with Gasteiger partial charge in [0.15, 0.2) is 11.5 Å². The third-order valence-electron chi connectivity index (χ3n) is 2.56. The van der Waals surface area contributed by atoms with Gasteiger partial charge >= 0.3 is 6.18 Å². The molecule has 0 radical (unpaired) electrons. The zero-order valence-electron chi connectivity index (χ0n) is 11.0. The molecule has 0 aliphatic carbocycles. The lowest BCUT2D eigenvalue weighted by atomic mass is 10.2. The lowest BCUT2D eigenvalue weighted by Gasteiger charge is -2.09. The minimum atomic E-state index is -4.54. The van der Waals surface area contributed by atoms with E-state index in [-0.39, 0.29) is 22.6 Å². The maximum atomic E-state index is 12.7. The van der Waals surface area contributed by atoms with Gasteiger partial charge in [-0.3, -0.25) is 4.79 Å². The zero-order valence-corrected chi connectivity index (χ0v) is 11.8. The van der Waals surface area contributed by atoms with Crippen molar-refractivity contribution in [1.82, 2.24) is 19.7 Å². The Balaban J connectivity index is 2.43. The van der Waals surface area contributed by atoms with Crippen molar-refractivity contribution in [3.8, 4) is 5.82 Å². The minimum absolute atomic E-state index is 0.0929. The van der Waals surface area contributed by atoms with Gasteiger partial charge in [-0.1, -0.05) is 11.6 Å². The van der Waals surface area contributed by atoms with Crippen LogP contribution < -0.4 is 0 Å². The maximum Gasteiger partial charge on any atom is 0.416 e. The molecular weight excluding hydrogens is 309 g/mol. The fourth-order valence-electron chi connectivity index (χ4n) is 1.56. The van der Waals surface area contributed by atoms with Gasteiger partial charge in [0.1, 0.15) is 5.15 Å². The molecule has 0 spiro atoms. The summed E-state index contributed by atoms with van der Waals surface area (Å²) in [4.78, 5) is 16.8. The summed E-state index contributed by atoms with van der Waals surface area (Å²) in [6.07, 6.45) is -3.20. The predicted molar refractivity (Wildman–Crippen MR) is 69.4 cm³/mol. The first-order valence-electron chi connectivity index (χ1n) is 5.71. The summed E-state index contributed by atoms with van der Waals surface area (Å²) >= 11 is 5.60. The minimum Gasteiger partial charge on any atom is -0.343 e. The number of aromatic nitrogens is 3. The fraction of sp³-hybridized carbons (Fsp3) is 0.250. The molecule has 5 nitrogen and oxygen atoms in total. The topological polar surface area (TPSA) is 51.0 Å². The summed E-state index contributed by atoms with van der Waals surface area (Å²) in [6, 6.07) is 2.92. The molecule has 0 saturated heterocycles. The number of hydrogen-bond acceptors (Lipinski definition) is 3. The van der Waals surface area contributed by atoms with Crippen molar-refractivity contribution >= 4 is 17.5 Å². The van der Waals surface area contributed by atoms with Crippen LogP contribution in [0.5, 0.6) is 0 Å². The van der Waals surface area contributed by atoms with Crippen molar-refractivity contribution in [2.45, 2.75) is 6.18 Å². The lowest BCUT2D eigenvalue weighted by molar-refractivity contribution is -0.137. The fourth-order valence-corrected chi connectivity index (χ4v) is 1.76. The van der Waals surface area contributed by atoms with E-state index in [2.05, 4.69) is 10.1 Å². The third-order valence-corrected chi connectivity index (χ3v) is 2.75. The van der Waals surface area contributed by atoms with Crippen molar-refractivity contribution < 1.29 is 18.0 Å². The summed E-state index contributed by atoms with van der Waals surface area (Å²) in [7, 11) is 3.08. The highest BCUT2D eigenvalue weighted by Crippen LogP contribution is 2.31. The third kappa shape index (κ3) is 3.33. The Morgan fingerprint density at radius 3 is 2.57 bits per heavy atom. The Hall–Kier alpha value is -2.09. The van der Waals surface area contributed by atoms with Crippen LogP contribution in [-0.4, -0.2) is 39.7 Å². The number of carbonyl (C=O) groups excluding carboxylic acids is 1. The second-order valence-corrected chi connectivity index (χ2v) is 4.77. The second-order valence-electron chi connectivity index (χ2n) is 4.38. The molecule has 0 aromatic carbocycles. The number of amides is 1. The van der Waals surface area contributed by atoms with Crippen molar-refractivity contribution in [1.29, 1.82) is 0 Å². The van der Waals surface area contributed by atoms with E-state index in [1.165, 1.54) is 17.2 Å². The van der Waals surface area contributed by atoms with Crippen LogP contribution in [0, 0.1) is 0 Å². The largest absolute Gasteiger partial charge is 0.416 e. The zero-order chi connectivity index (χ0) is 15.8. The van der Waals surface area contributed by atoms with Gasteiger partial charge in [0, 0.05) is 20.3 Å². The van der Waals surface area contributed by atoms with Crippen molar-refractivity contribution in [2.75, 3.05) is 14.1 Å². The smallest absolute Gasteiger partial charge is 0.343 e. The number of rotatable bonds is 2. The molecule has 2 rings (SSSR count). The molecule has 21 heavy (non-hydrogen) atoms. The lowest BCUT2D eigenvalue weighted by Crippen LogP contribution is -2.22. The van der Waals surface area contributed by atoms with Gasteiger partial charge < -0.3 is 4.90 Å². The van der Waals surface area contributed by atoms with Gasteiger partial charge in [-0.25, -0.2) is 9.67 Å². The molecule has 9 heteroatoms. The average Bonchev–Trinajstić information content (AvgIpc) is 2.85. The highest BCUT2D eigenvalue weighted by molar-refractivity contribution is 6.29. The second kappa shape index (κ2) is 5.36. The SMILES string of the molecule is CN(C)C(=O)c1ccn(-c2cc(C(F)(F)F)cc(Cl)n2)n1. The molecule has 2 heterocycles. The number of hydrogen-bond donors (Lipinski definition) is 0. The number of alkyl halides is 3. The van der Waals surface area contributed by atoms with Crippen LogP contribution in [0.15, 0.2) is 24.4 Å². The Morgan fingerprint density at radius 2 is 2.00 bits per heavy atom. The highest BCUT2D eigenvalue weighted by Gasteiger charge is 2.31. The summed E-state index contributed by atoms with van der Waals surface area (Å²) in [5.74, 6) is -0.487. The van der Waals surface area contributed by atoms with Gasteiger partial charge in [-0.2, -0.15) is 18.3 Å². The Labute approximate surface area is 122 Å². The van der Waals surface area contributed by atoms with Crippen molar-refractivity contribution in [2.24, 2.45) is 0 Å². The molecule has 0 N–H and O–H groups in total. The van der Waals surface area contributed by atoms with E-state index in [0.717, 1.165) is 16.8 Å². The Kier molecular flexibility index (Phi) is 3.91. The molecule has 0 aliphatic heterocycles. The molecule has 2 aromatic rings. The summed E-state index contributed by atoms with van der Waals surface area (Å²) < 4.78 is 39.2. The molecule has 1 amide bonds. The molecule has 0 fully saturated rings. The summed E-state index contributed by atoms with van der Waals surface area (Å²) in [5, 5.41) is 3.59. The molecule has 0 unspecified atom stereocenters. The molecule has 2 aromatic heterocycles. The Morgan fingerprint density at radius 1 is 1.33 bits per heavy atom. The molecule has 112 valence electrons. The summed E-state index contributed by atoms with van der Waals surface area (Å²) in [5.41, 5.74) is -0.844. The first-order valence-corrected chi connectivity index (χ1v) is 6.09. The first-order chi connectivity index (χ1) is 9.68. The molecule has 0 saturated carbocycles. The monoisotopic (exact) mass is 318 g/mol. The van der Waals surface area contributed by atoms with E-state index in [9.17, 15) is 18.0 Å². The molecule has 0 bridgehead atoms. The van der Waals surface area contributed by atoms with Crippen LogP contribution in [-0.2, 0) is 6.18 Å². The van der Waals surface area contributed by atoms with Crippen LogP contribution in [0.2, 0.25) is 5.15 Å². The first kappa shape index (κ1) is 15.3. The van der Waals surface area contributed by atoms with E-state index in [0.29, 0.717) is 0 Å². The quantitative estimate of drug-likeness (QED) is 0.800. The number of pyridine rings is 1. The van der Waals surface area contributed by atoms with Gasteiger partial charge in [0.25, 0.3) is 5.91 Å². The number of halogens is 4. The van der Waals surface area contributed by atoms with E-state index < -0.39 is 11.7 Å². The average molecular weight is 319 g/mol. The van der Waals surface area contributed by atoms with Crippen molar-refractivity contribution in [3.05, 3.63) is 40.8 Å². The van der Waals surface area contributed by atoms with Crippen LogP contribution in [0.4, 0.5) is 13.2 Å². The van der Waals surface area contributed by atoms with E-state index in [4.69, 9.17) is 11.6 Å². The van der Waals surface area contributed by atoms with Crippen LogP contribution in [0.3, 0.4) is 0 Å². The maximum absolute atomic E-state index is 12.7. The summed E-state index contributed by atoms with van der Waals surface area (Å²) in [6.45, 7) is 0. The number of carbonyl (C=O) groups is 1. The predicted octanol–water partition coefficient (Wildman–Crippen LogP) is 2.64. The van der Waals surface area contributed by atoms with E-state index >= 15 is 0 Å². The van der Waals surface area contributed by atoms with E-state index in [1.807, 2.05) is 0 Å². The van der Waals surface area contributed by atoms with Crippen molar-refractivity contribution in [3.63, 3.8) is 0 Å². The normalized spacial score (nSPS) is 11.5. The van der Waals surface area contributed by atoms with Crippen LogP contribution in [0.25, 0.3) is 5.82 Å². The Bertz CT molecular complexity index is 681. The highest BCUT2D eigenvalue weighted by atomic mass is 35.5. The van der Waals surface area contributed by atoms with E-state index in [1.54, 1.807) is 14.1 Å². The van der Waals surface area contributed by atoms with Gasteiger partial charge in [-0.15, -0.1) is 0 Å².